The molecule has 45 heavy (non-hydrogen) atoms. The van der Waals surface area contributed by atoms with Crippen molar-refractivity contribution in [3.05, 3.63) is 76.0 Å². The Labute approximate surface area is 263 Å². The molecule has 0 aliphatic heterocycles. The summed E-state index contributed by atoms with van der Waals surface area (Å²) in [7, 11) is 0.297. The van der Waals surface area contributed by atoms with Crippen LogP contribution < -0.4 is 15.6 Å². The van der Waals surface area contributed by atoms with Gasteiger partial charge in [0.1, 0.15) is 22.3 Å². The van der Waals surface area contributed by atoms with Crippen LogP contribution >= 0.6 is 0 Å². The van der Waals surface area contributed by atoms with Crippen LogP contribution in [0.5, 0.6) is 0 Å². The van der Waals surface area contributed by atoms with Crippen LogP contribution in [0.1, 0.15) is 74.8 Å². The summed E-state index contributed by atoms with van der Waals surface area (Å²) in [5.41, 5.74) is 2.23. The maximum absolute atomic E-state index is 15.5. The maximum atomic E-state index is 15.5. The Bertz CT molecular complexity index is 1890. The third-order valence-electron chi connectivity index (χ3n) is 9.09. The molecular weight excluding hydrogens is 593 g/mol. The van der Waals surface area contributed by atoms with Crippen LogP contribution in [0.3, 0.4) is 0 Å². The van der Waals surface area contributed by atoms with Crippen molar-refractivity contribution in [2.75, 3.05) is 24.1 Å². The molecule has 238 valence electrons. The lowest BCUT2D eigenvalue weighted by molar-refractivity contribution is 0.221. The van der Waals surface area contributed by atoms with E-state index in [0.717, 1.165) is 55.7 Å². The number of aryl methyl sites for hydroxylation is 1. The standard InChI is InChI=1S/C33H40FN7O3S/c1-20(2)41-31-28(19-35-33(38-31)36-23-13-15-24(16-14-23)40(3)4)37-30(32(41)42)22-12-17-27(26(34)18-22)39-45(43,44)29-11-7-9-21-8-5-6-10-25(21)29/h5-6,8,10,12,17-20,23-24,29,39H,7,9,11,13-16H2,1-4H3,(H,35,36,38). The highest BCUT2D eigenvalue weighted by molar-refractivity contribution is 7.93. The summed E-state index contributed by atoms with van der Waals surface area (Å²) in [5, 5.41) is 2.67. The second-order valence-electron chi connectivity index (χ2n) is 12.7. The highest BCUT2D eigenvalue weighted by atomic mass is 32.2. The van der Waals surface area contributed by atoms with Crippen molar-refractivity contribution in [3.8, 4) is 11.3 Å². The Morgan fingerprint density at radius 1 is 1.02 bits per heavy atom. The molecule has 1 saturated carbocycles. The number of hydrogen-bond acceptors (Lipinski definition) is 8. The van der Waals surface area contributed by atoms with E-state index in [-0.39, 0.29) is 29.0 Å². The van der Waals surface area contributed by atoms with Crippen LogP contribution in [0.4, 0.5) is 16.0 Å². The predicted octanol–water partition coefficient (Wildman–Crippen LogP) is 5.68. The molecule has 0 spiro atoms. The van der Waals surface area contributed by atoms with E-state index in [1.807, 2.05) is 38.1 Å². The number of hydrogen-bond donors (Lipinski definition) is 2. The molecule has 10 nitrogen and oxygen atoms in total. The van der Waals surface area contributed by atoms with Gasteiger partial charge in [-0.2, -0.15) is 4.98 Å². The van der Waals surface area contributed by atoms with E-state index >= 15 is 4.39 Å². The summed E-state index contributed by atoms with van der Waals surface area (Å²) in [4.78, 5) is 29.8. The molecule has 1 fully saturated rings. The van der Waals surface area contributed by atoms with Gasteiger partial charge in [-0.1, -0.05) is 30.3 Å². The van der Waals surface area contributed by atoms with Gasteiger partial charge in [-0.05, 0) is 96.1 Å². The quantitative estimate of drug-likeness (QED) is 0.254. The highest BCUT2D eigenvalue weighted by Crippen LogP contribution is 2.37. The van der Waals surface area contributed by atoms with Crippen molar-refractivity contribution in [2.24, 2.45) is 0 Å². The molecule has 0 bridgehead atoms. The Balaban J connectivity index is 1.27. The van der Waals surface area contributed by atoms with Crippen LogP contribution in [0.25, 0.3) is 22.4 Å². The minimum atomic E-state index is -3.92. The van der Waals surface area contributed by atoms with Gasteiger partial charge in [0.25, 0.3) is 5.56 Å². The van der Waals surface area contributed by atoms with Crippen LogP contribution in [0.15, 0.2) is 53.5 Å². The summed E-state index contributed by atoms with van der Waals surface area (Å²) >= 11 is 0. The molecule has 0 radical (unpaired) electrons. The third-order valence-corrected chi connectivity index (χ3v) is 10.8. The normalized spacial score (nSPS) is 20.4. The number of fused-ring (bicyclic) bond motifs is 2. The molecule has 4 aromatic rings. The second-order valence-corrected chi connectivity index (χ2v) is 14.5. The number of anilines is 2. The van der Waals surface area contributed by atoms with Crippen LogP contribution in [0.2, 0.25) is 0 Å². The fraction of sp³-hybridized carbons (Fsp3) is 0.455. The zero-order valence-electron chi connectivity index (χ0n) is 26.1. The lowest BCUT2D eigenvalue weighted by atomic mass is 9.91. The Morgan fingerprint density at radius 3 is 2.49 bits per heavy atom. The largest absolute Gasteiger partial charge is 0.351 e. The fourth-order valence-corrected chi connectivity index (χ4v) is 8.31. The first kappa shape index (κ1) is 31.1. The molecule has 2 aliphatic rings. The number of halogens is 1. The van der Waals surface area contributed by atoms with Gasteiger partial charge in [-0.15, -0.1) is 0 Å². The SMILES string of the molecule is CC(C)n1c(=O)c(-c2ccc(NS(=O)(=O)C3CCCc4ccccc43)c(F)c2)nc2cnc(NC3CCC(N(C)C)CC3)nc21. The van der Waals surface area contributed by atoms with E-state index in [2.05, 4.69) is 44.0 Å². The van der Waals surface area contributed by atoms with E-state index in [1.54, 1.807) is 10.8 Å². The van der Waals surface area contributed by atoms with Crippen LogP contribution in [0, 0.1) is 5.82 Å². The van der Waals surface area contributed by atoms with Crippen molar-refractivity contribution in [1.29, 1.82) is 0 Å². The zero-order chi connectivity index (χ0) is 31.9. The second kappa shape index (κ2) is 12.5. The van der Waals surface area contributed by atoms with Gasteiger partial charge in [0.2, 0.25) is 16.0 Å². The molecule has 0 saturated heterocycles. The molecular formula is C33H40FN7O3S. The van der Waals surface area contributed by atoms with Gasteiger partial charge in [-0.25, -0.2) is 22.8 Å². The molecule has 12 heteroatoms. The van der Waals surface area contributed by atoms with E-state index < -0.39 is 26.6 Å². The number of sulfonamides is 1. The molecule has 2 N–H and O–H groups in total. The summed E-state index contributed by atoms with van der Waals surface area (Å²) in [6.07, 6.45) is 7.78. The lowest BCUT2D eigenvalue weighted by Crippen LogP contribution is -2.36. The van der Waals surface area contributed by atoms with Crippen molar-refractivity contribution >= 4 is 32.8 Å². The van der Waals surface area contributed by atoms with Crippen LogP contribution in [-0.4, -0.2) is 59.0 Å². The molecule has 0 amide bonds. The molecule has 2 aromatic carbocycles. The minimum absolute atomic E-state index is 0.0389. The van der Waals surface area contributed by atoms with Gasteiger partial charge < -0.3 is 10.2 Å². The molecule has 1 unspecified atom stereocenters. The summed E-state index contributed by atoms with van der Waals surface area (Å²) < 4.78 is 46.2. The first-order chi connectivity index (χ1) is 21.5. The average Bonchev–Trinajstić information content (AvgIpc) is 3.01. The Morgan fingerprint density at radius 2 is 1.78 bits per heavy atom. The van der Waals surface area contributed by atoms with Gasteiger partial charge in [0.15, 0.2) is 5.65 Å². The van der Waals surface area contributed by atoms with E-state index in [9.17, 15) is 13.2 Å². The first-order valence-electron chi connectivity index (χ1n) is 15.6. The number of aromatic nitrogens is 4. The van der Waals surface area contributed by atoms with E-state index in [1.165, 1.54) is 12.1 Å². The topological polar surface area (TPSA) is 122 Å². The number of rotatable bonds is 8. The minimum Gasteiger partial charge on any atom is -0.351 e. The van der Waals surface area contributed by atoms with Gasteiger partial charge in [0, 0.05) is 23.7 Å². The smallest absolute Gasteiger partial charge is 0.278 e. The van der Waals surface area contributed by atoms with E-state index in [0.29, 0.717) is 29.6 Å². The van der Waals surface area contributed by atoms with Crippen molar-refractivity contribution in [3.63, 3.8) is 0 Å². The molecule has 2 aliphatic carbocycles. The molecule has 2 heterocycles. The monoisotopic (exact) mass is 633 g/mol. The summed E-state index contributed by atoms with van der Waals surface area (Å²) in [6.45, 7) is 3.76. The zero-order valence-corrected chi connectivity index (χ0v) is 26.9. The van der Waals surface area contributed by atoms with Crippen molar-refractivity contribution in [2.45, 2.75) is 82.2 Å². The van der Waals surface area contributed by atoms with Crippen molar-refractivity contribution in [1.82, 2.24) is 24.4 Å². The van der Waals surface area contributed by atoms with Crippen LogP contribution in [-0.2, 0) is 16.4 Å². The van der Waals surface area contributed by atoms with Crippen molar-refractivity contribution < 1.29 is 12.8 Å². The predicted molar refractivity (Wildman–Crippen MR) is 175 cm³/mol. The van der Waals surface area contributed by atoms with Gasteiger partial charge >= 0.3 is 0 Å². The summed E-state index contributed by atoms with van der Waals surface area (Å²) in [5.74, 6) is -0.347. The number of nitrogens with one attached hydrogen (secondary N) is 2. The first-order valence-corrected chi connectivity index (χ1v) is 17.2. The number of nitrogens with zero attached hydrogens (tertiary/aromatic N) is 5. The number of benzene rings is 2. The lowest BCUT2D eigenvalue weighted by Gasteiger charge is -2.32. The fourth-order valence-electron chi connectivity index (χ4n) is 6.66. The highest BCUT2D eigenvalue weighted by Gasteiger charge is 2.32. The molecule has 1 atom stereocenters. The van der Waals surface area contributed by atoms with Gasteiger partial charge in [0.05, 0.1) is 11.9 Å². The molecule has 2 aromatic heterocycles. The Kier molecular flexibility index (Phi) is 8.62. The van der Waals surface area contributed by atoms with E-state index in [4.69, 9.17) is 0 Å². The molecule has 6 rings (SSSR count). The average molecular weight is 634 g/mol. The Hall–Kier alpha value is -3.90. The van der Waals surface area contributed by atoms with Gasteiger partial charge in [-0.3, -0.25) is 14.1 Å². The maximum Gasteiger partial charge on any atom is 0.278 e. The third kappa shape index (κ3) is 6.30. The summed E-state index contributed by atoms with van der Waals surface area (Å²) in [6, 6.07) is 12.0.